The van der Waals surface area contributed by atoms with E-state index < -0.39 is 11.8 Å². The number of piperidine rings is 1. The van der Waals surface area contributed by atoms with Crippen LogP contribution in [0, 0.1) is 5.82 Å². The third kappa shape index (κ3) is 2.97. The van der Waals surface area contributed by atoms with Crippen LogP contribution in [0.1, 0.15) is 24.3 Å². The second kappa shape index (κ2) is 6.04. The third-order valence-electron chi connectivity index (χ3n) is 4.47. The zero-order valence-electron chi connectivity index (χ0n) is 12.6. The second-order valence-electron chi connectivity index (χ2n) is 6.00. The van der Waals surface area contributed by atoms with Crippen LogP contribution in [0.15, 0.2) is 18.2 Å². The van der Waals surface area contributed by atoms with Crippen molar-refractivity contribution < 1.29 is 14.0 Å². The highest BCUT2D eigenvalue weighted by atomic mass is 19.1. The van der Waals surface area contributed by atoms with Crippen molar-refractivity contribution in [3.05, 3.63) is 29.6 Å². The summed E-state index contributed by atoms with van der Waals surface area (Å²) < 4.78 is 14.4. The quantitative estimate of drug-likeness (QED) is 0.831. The molecule has 1 atom stereocenters. The fourth-order valence-corrected chi connectivity index (χ4v) is 3.05. The van der Waals surface area contributed by atoms with Gasteiger partial charge in [-0.05, 0) is 25.6 Å². The average molecular weight is 305 g/mol. The van der Waals surface area contributed by atoms with E-state index in [9.17, 15) is 14.0 Å². The van der Waals surface area contributed by atoms with Crippen molar-refractivity contribution in [2.75, 3.05) is 38.1 Å². The third-order valence-corrected chi connectivity index (χ3v) is 4.47. The summed E-state index contributed by atoms with van der Waals surface area (Å²) in [4.78, 5) is 27.4. The number of nitrogens with zero attached hydrogens (tertiary/aromatic N) is 2. The van der Waals surface area contributed by atoms with Crippen LogP contribution in [0.3, 0.4) is 0 Å². The van der Waals surface area contributed by atoms with E-state index in [4.69, 9.17) is 0 Å². The highest BCUT2D eigenvalue weighted by molar-refractivity contribution is 6.00. The summed E-state index contributed by atoms with van der Waals surface area (Å²) in [7, 11) is 2.07. The number of benzene rings is 1. The Morgan fingerprint density at radius 1 is 1.18 bits per heavy atom. The minimum Gasteiger partial charge on any atom is -0.369 e. The number of carbonyl (C=O) groups is 2. The number of piperazine rings is 1. The fraction of sp³-hybridized carbons (Fsp3) is 0.500. The predicted octanol–water partition coefficient (Wildman–Crippen LogP) is 1.10. The van der Waals surface area contributed by atoms with Crippen molar-refractivity contribution in [3.63, 3.8) is 0 Å². The van der Waals surface area contributed by atoms with Crippen molar-refractivity contribution in [1.29, 1.82) is 0 Å². The summed E-state index contributed by atoms with van der Waals surface area (Å²) in [6.45, 7) is 3.65. The molecule has 6 heteroatoms. The molecule has 0 radical (unpaired) electrons. The predicted molar refractivity (Wildman–Crippen MR) is 81.2 cm³/mol. The van der Waals surface area contributed by atoms with E-state index in [1.54, 1.807) is 6.07 Å². The zero-order valence-corrected chi connectivity index (χ0v) is 12.6. The molecule has 0 aromatic heterocycles. The average Bonchev–Trinajstić information content (AvgIpc) is 2.49. The molecule has 2 saturated heterocycles. The van der Waals surface area contributed by atoms with E-state index in [1.807, 2.05) is 6.07 Å². The van der Waals surface area contributed by atoms with Gasteiger partial charge < -0.3 is 9.80 Å². The highest BCUT2D eigenvalue weighted by Crippen LogP contribution is 2.29. The lowest BCUT2D eigenvalue weighted by molar-refractivity contribution is -0.134. The molecule has 1 aromatic carbocycles. The van der Waals surface area contributed by atoms with Crippen LogP contribution < -0.4 is 10.2 Å². The molecule has 118 valence electrons. The summed E-state index contributed by atoms with van der Waals surface area (Å²) >= 11 is 0. The smallest absolute Gasteiger partial charge is 0.234 e. The van der Waals surface area contributed by atoms with Gasteiger partial charge in [-0.15, -0.1) is 0 Å². The molecule has 2 aliphatic rings. The molecule has 0 spiro atoms. The molecule has 0 saturated carbocycles. The minimum atomic E-state index is -0.570. The molecule has 3 rings (SSSR count). The molecule has 0 bridgehead atoms. The lowest BCUT2D eigenvalue weighted by atomic mass is 9.90. The van der Waals surface area contributed by atoms with E-state index in [-0.39, 0.29) is 18.1 Å². The Bertz CT molecular complexity index is 597. The topological polar surface area (TPSA) is 52.6 Å². The molecule has 22 heavy (non-hydrogen) atoms. The Morgan fingerprint density at radius 2 is 1.91 bits per heavy atom. The van der Waals surface area contributed by atoms with E-state index >= 15 is 0 Å². The molecule has 1 N–H and O–H groups in total. The van der Waals surface area contributed by atoms with Gasteiger partial charge in [0.1, 0.15) is 5.82 Å². The van der Waals surface area contributed by atoms with Gasteiger partial charge >= 0.3 is 0 Å². The lowest BCUT2D eigenvalue weighted by Crippen LogP contribution is -2.44. The van der Waals surface area contributed by atoms with Gasteiger partial charge in [0.15, 0.2) is 0 Å². The Kier molecular flexibility index (Phi) is 4.11. The van der Waals surface area contributed by atoms with E-state index in [1.165, 1.54) is 6.07 Å². The lowest BCUT2D eigenvalue weighted by Gasteiger charge is -2.34. The Hall–Kier alpha value is -1.95. The van der Waals surface area contributed by atoms with Gasteiger partial charge in [-0.1, -0.05) is 6.07 Å². The molecule has 2 fully saturated rings. The molecule has 2 amide bonds. The van der Waals surface area contributed by atoms with Crippen LogP contribution in [0.2, 0.25) is 0 Å². The van der Waals surface area contributed by atoms with Crippen LogP contribution in [-0.4, -0.2) is 49.9 Å². The zero-order chi connectivity index (χ0) is 15.7. The Morgan fingerprint density at radius 3 is 2.55 bits per heavy atom. The van der Waals surface area contributed by atoms with Crippen LogP contribution in [0.5, 0.6) is 0 Å². The molecule has 1 unspecified atom stereocenters. The number of halogens is 1. The highest BCUT2D eigenvalue weighted by Gasteiger charge is 2.30. The van der Waals surface area contributed by atoms with Gasteiger partial charge in [0.05, 0.1) is 5.92 Å². The van der Waals surface area contributed by atoms with E-state index in [2.05, 4.69) is 22.2 Å². The molecule has 1 aromatic rings. The number of amides is 2. The maximum atomic E-state index is 14.4. The van der Waals surface area contributed by atoms with Gasteiger partial charge in [-0.2, -0.15) is 0 Å². The monoisotopic (exact) mass is 305 g/mol. The molecular weight excluding hydrogens is 285 g/mol. The Balaban J connectivity index is 1.77. The number of imide groups is 1. The first kappa shape index (κ1) is 15.0. The fourth-order valence-electron chi connectivity index (χ4n) is 3.05. The van der Waals surface area contributed by atoms with Crippen LogP contribution in [-0.2, 0) is 9.59 Å². The van der Waals surface area contributed by atoms with Gasteiger partial charge in [0.2, 0.25) is 11.8 Å². The number of likely N-dealkylation sites (N-methyl/N-ethyl adjacent to an activating group) is 1. The standard InChI is InChI=1S/C16H20FN3O2/c1-19-6-8-20(9-7-19)11-2-3-12(14(17)10-11)13-4-5-15(21)18-16(13)22/h2-3,10,13H,4-9H2,1H3,(H,18,21,22). The number of hydrogen-bond acceptors (Lipinski definition) is 4. The Labute approximate surface area is 129 Å². The summed E-state index contributed by atoms with van der Waals surface area (Å²) in [5, 5.41) is 2.28. The second-order valence-corrected chi connectivity index (χ2v) is 6.00. The van der Waals surface area contributed by atoms with Gasteiger partial charge in [-0.3, -0.25) is 14.9 Å². The van der Waals surface area contributed by atoms with Gasteiger partial charge in [-0.25, -0.2) is 4.39 Å². The van der Waals surface area contributed by atoms with E-state index in [0.29, 0.717) is 12.0 Å². The van der Waals surface area contributed by atoms with Gasteiger partial charge in [0.25, 0.3) is 0 Å². The number of anilines is 1. The van der Waals surface area contributed by atoms with E-state index in [0.717, 1.165) is 31.9 Å². The van der Waals surface area contributed by atoms with Crippen molar-refractivity contribution in [3.8, 4) is 0 Å². The summed E-state index contributed by atoms with van der Waals surface area (Å²) in [5.74, 6) is -1.62. The van der Waals surface area contributed by atoms with Crippen LogP contribution in [0.25, 0.3) is 0 Å². The minimum absolute atomic E-state index is 0.260. The first-order valence-electron chi connectivity index (χ1n) is 7.61. The molecular formula is C16H20FN3O2. The van der Waals surface area contributed by atoms with Crippen LogP contribution >= 0.6 is 0 Å². The number of carbonyl (C=O) groups excluding carboxylic acids is 2. The largest absolute Gasteiger partial charge is 0.369 e. The van der Waals surface area contributed by atoms with Crippen molar-refractivity contribution in [1.82, 2.24) is 10.2 Å². The van der Waals surface area contributed by atoms with Crippen LogP contribution in [0.4, 0.5) is 10.1 Å². The number of hydrogen-bond donors (Lipinski definition) is 1. The number of rotatable bonds is 2. The molecule has 5 nitrogen and oxygen atoms in total. The van der Waals surface area contributed by atoms with Crippen molar-refractivity contribution in [2.24, 2.45) is 0 Å². The molecule has 0 aliphatic carbocycles. The molecule has 2 aliphatic heterocycles. The normalized spacial score (nSPS) is 23.5. The first-order chi connectivity index (χ1) is 10.5. The number of nitrogens with one attached hydrogen (secondary N) is 1. The first-order valence-corrected chi connectivity index (χ1v) is 7.61. The maximum absolute atomic E-state index is 14.4. The summed E-state index contributed by atoms with van der Waals surface area (Å²) in [5.41, 5.74) is 1.23. The maximum Gasteiger partial charge on any atom is 0.234 e. The molecule has 2 heterocycles. The van der Waals surface area contributed by atoms with Gasteiger partial charge in [0, 0.05) is 43.9 Å². The summed E-state index contributed by atoms with van der Waals surface area (Å²) in [6, 6.07) is 5.06. The van der Waals surface area contributed by atoms with Crippen molar-refractivity contribution >= 4 is 17.5 Å². The van der Waals surface area contributed by atoms with Crippen molar-refractivity contribution in [2.45, 2.75) is 18.8 Å². The SMILES string of the molecule is CN1CCN(c2ccc(C3CCC(=O)NC3=O)c(F)c2)CC1. The summed E-state index contributed by atoms with van der Waals surface area (Å²) in [6.07, 6.45) is 0.630.